The van der Waals surface area contributed by atoms with Crippen molar-refractivity contribution in [2.75, 3.05) is 26.8 Å². The molecule has 1 heterocycles. The van der Waals surface area contributed by atoms with Gasteiger partial charge in [-0.2, -0.15) is 0 Å². The van der Waals surface area contributed by atoms with Crippen molar-refractivity contribution in [2.45, 2.75) is 31.6 Å². The van der Waals surface area contributed by atoms with Crippen LogP contribution in [0.5, 0.6) is 0 Å². The number of nitrogens with zero attached hydrogens (tertiary/aromatic N) is 1. The summed E-state index contributed by atoms with van der Waals surface area (Å²) in [6.07, 6.45) is 3.96. The van der Waals surface area contributed by atoms with Gasteiger partial charge in [-0.15, -0.1) is 0 Å². The molecular formula is C17H22FNO2. The third kappa shape index (κ3) is 2.69. The molecule has 1 unspecified atom stereocenters. The number of carbonyl (C=O) groups is 1. The van der Waals surface area contributed by atoms with Crippen LogP contribution in [-0.2, 0) is 9.53 Å². The lowest BCUT2D eigenvalue weighted by atomic mass is 9.68. The van der Waals surface area contributed by atoms with Crippen molar-refractivity contribution in [3.8, 4) is 0 Å². The van der Waals surface area contributed by atoms with Crippen molar-refractivity contribution in [1.82, 2.24) is 4.90 Å². The van der Waals surface area contributed by atoms with Crippen LogP contribution in [-0.4, -0.2) is 37.6 Å². The molecule has 2 aliphatic rings. The molecule has 3 nitrogen and oxygen atoms in total. The molecule has 0 radical (unpaired) electrons. The Hall–Kier alpha value is -1.42. The first-order chi connectivity index (χ1) is 10.1. The molecule has 0 N–H and O–H groups in total. The summed E-state index contributed by atoms with van der Waals surface area (Å²) in [7, 11) is 1.67. The largest absolute Gasteiger partial charge is 0.384 e. The highest BCUT2D eigenvalue weighted by Gasteiger charge is 2.47. The third-order valence-electron chi connectivity index (χ3n) is 5.00. The summed E-state index contributed by atoms with van der Waals surface area (Å²) in [6, 6.07) is 6.67. The van der Waals surface area contributed by atoms with Crippen LogP contribution < -0.4 is 0 Å². The van der Waals surface area contributed by atoms with Gasteiger partial charge in [-0.3, -0.25) is 4.79 Å². The lowest BCUT2D eigenvalue weighted by Crippen LogP contribution is -2.49. The molecular weight excluding hydrogens is 269 g/mol. The Labute approximate surface area is 125 Å². The monoisotopic (exact) mass is 291 g/mol. The number of hydrogen-bond acceptors (Lipinski definition) is 2. The summed E-state index contributed by atoms with van der Waals surface area (Å²) < 4.78 is 18.3. The van der Waals surface area contributed by atoms with Gasteiger partial charge >= 0.3 is 0 Å². The molecule has 1 saturated carbocycles. The topological polar surface area (TPSA) is 29.5 Å². The second-order valence-corrected chi connectivity index (χ2v) is 6.36. The number of methoxy groups -OCH3 is 1. The minimum absolute atomic E-state index is 0.210. The van der Waals surface area contributed by atoms with Gasteiger partial charge in [0.2, 0.25) is 5.91 Å². The fourth-order valence-electron chi connectivity index (χ4n) is 3.59. The number of carbonyl (C=O) groups excluding carboxylic acids is 1. The average Bonchev–Trinajstić information content (AvgIpc) is 2.92. The molecule has 0 spiro atoms. The van der Waals surface area contributed by atoms with E-state index in [-0.39, 0.29) is 17.1 Å². The van der Waals surface area contributed by atoms with E-state index in [2.05, 4.69) is 0 Å². The fourth-order valence-corrected chi connectivity index (χ4v) is 3.59. The average molecular weight is 291 g/mol. The summed E-state index contributed by atoms with van der Waals surface area (Å²) in [6.45, 7) is 2.08. The Morgan fingerprint density at radius 3 is 2.67 bits per heavy atom. The molecule has 1 atom stereocenters. The Morgan fingerprint density at radius 1 is 1.38 bits per heavy atom. The zero-order chi connectivity index (χ0) is 14.9. The van der Waals surface area contributed by atoms with Crippen molar-refractivity contribution >= 4 is 5.91 Å². The molecule has 1 aliphatic heterocycles. The van der Waals surface area contributed by atoms with Crippen molar-refractivity contribution in [3.05, 3.63) is 35.6 Å². The third-order valence-corrected chi connectivity index (χ3v) is 5.00. The predicted octanol–water partition coefficient (Wildman–Crippen LogP) is 2.96. The van der Waals surface area contributed by atoms with Crippen LogP contribution >= 0.6 is 0 Å². The molecule has 114 valence electrons. The van der Waals surface area contributed by atoms with Crippen LogP contribution in [0.15, 0.2) is 24.3 Å². The van der Waals surface area contributed by atoms with E-state index in [1.807, 2.05) is 17.0 Å². The van der Waals surface area contributed by atoms with E-state index < -0.39 is 0 Å². The van der Waals surface area contributed by atoms with E-state index in [1.54, 1.807) is 7.11 Å². The number of likely N-dealkylation sites (tertiary alicyclic amines) is 1. The number of halogens is 1. The molecule has 1 amide bonds. The molecule has 1 saturated heterocycles. The Kier molecular flexibility index (Phi) is 3.98. The van der Waals surface area contributed by atoms with Crippen LogP contribution in [0, 0.1) is 11.2 Å². The van der Waals surface area contributed by atoms with Gasteiger partial charge < -0.3 is 9.64 Å². The number of ether oxygens (including phenoxy) is 1. The van der Waals surface area contributed by atoms with Crippen LogP contribution in [0.2, 0.25) is 0 Å². The lowest BCUT2D eigenvalue weighted by Gasteiger charge is -2.42. The Morgan fingerprint density at radius 2 is 2.10 bits per heavy atom. The highest BCUT2D eigenvalue weighted by Crippen LogP contribution is 2.44. The van der Waals surface area contributed by atoms with E-state index in [0.29, 0.717) is 12.5 Å². The van der Waals surface area contributed by atoms with Crippen molar-refractivity contribution < 1.29 is 13.9 Å². The summed E-state index contributed by atoms with van der Waals surface area (Å²) in [5, 5.41) is 0. The van der Waals surface area contributed by atoms with Crippen LogP contribution in [0.4, 0.5) is 4.39 Å². The molecule has 4 heteroatoms. The van der Waals surface area contributed by atoms with Crippen LogP contribution in [0.1, 0.15) is 37.2 Å². The second-order valence-electron chi connectivity index (χ2n) is 6.36. The van der Waals surface area contributed by atoms with E-state index in [4.69, 9.17) is 4.74 Å². The van der Waals surface area contributed by atoms with Gasteiger partial charge in [-0.05, 0) is 37.0 Å². The molecule has 1 aromatic rings. The summed E-state index contributed by atoms with van der Waals surface area (Å²) in [5.74, 6) is 0.368. The maximum absolute atomic E-state index is 13.0. The maximum atomic E-state index is 13.0. The molecule has 1 aliphatic carbocycles. The van der Waals surface area contributed by atoms with Crippen molar-refractivity contribution in [2.24, 2.45) is 5.41 Å². The van der Waals surface area contributed by atoms with Crippen molar-refractivity contribution in [3.63, 3.8) is 0 Å². The molecule has 3 rings (SSSR count). The predicted molar refractivity (Wildman–Crippen MR) is 78.5 cm³/mol. The normalized spacial score (nSPS) is 23.9. The van der Waals surface area contributed by atoms with E-state index in [9.17, 15) is 9.18 Å². The van der Waals surface area contributed by atoms with E-state index in [1.165, 1.54) is 12.1 Å². The standard InChI is InChI=1S/C17H22FNO2/c1-21-12-17(8-2-9-17)16(20)19-10-7-14(11-19)13-3-5-15(18)6-4-13/h3-6,14H,2,7-12H2,1H3. The van der Waals surface area contributed by atoms with Crippen LogP contribution in [0.25, 0.3) is 0 Å². The lowest BCUT2D eigenvalue weighted by molar-refractivity contribution is -0.151. The zero-order valence-electron chi connectivity index (χ0n) is 12.5. The summed E-state index contributed by atoms with van der Waals surface area (Å²) >= 11 is 0. The van der Waals surface area contributed by atoms with Gasteiger partial charge in [-0.25, -0.2) is 4.39 Å². The molecule has 1 aromatic carbocycles. The highest BCUT2D eigenvalue weighted by atomic mass is 19.1. The summed E-state index contributed by atoms with van der Waals surface area (Å²) in [4.78, 5) is 14.7. The molecule has 0 bridgehead atoms. The van der Waals surface area contributed by atoms with Crippen LogP contribution in [0.3, 0.4) is 0 Å². The Bertz CT molecular complexity index is 510. The zero-order valence-corrected chi connectivity index (χ0v) is 12.5. The highest BCUT2D eigenvalue weighted by molar-refractivity contribution is 5.84. The Balaban J connectivity index is 1.66. The van der Waals surface area contributed by atoms with Gasteiger partial charge in [0.15, 0.2) is 0 Å². The minimum atomic E-state index is -0.271. The van der Waals surface area contributed by atoms with E-state index >= 15 is 0 Å². The van der Waals surface area contributed by atoms with E-state index in [0.717, 1.165) is 44.3 Å². The SMILES string of the molecule is COCC1(C(=O)N2CCC(c3ccc(F)cc3)C2)CCC1. The fraction of sp³-hybridized carbons (Fsp3) is 0.588. The quantitative estimate of drug-likeness (QED) is 0.853. The van der Waals surface area contributed by atoms with Gasteiger partial charge in [0.05, 0.1) is 12.0 Å². The molecule has 2 fully saturated rings. The maximum Gasteiger partial charge on any atom is 0.231 e. The first-order valence-electron chi connectivity index (χ1n) is 7.68. The second kappa shape index (κ2) is 5.76. The molecule has 21 heavy (non-hydrogen) atoms. The minimum Gasteiger partial charge on any atom is -0.384 e. The first kappa shape index (κ1) is 14.5. The molecule has 0 aromatic heterocycles. The number of hydrogen-bond donors (Lipinski definition) is 0. The van der Waals surface area contributed by atoms with Crippen molar-refractivity contribution in [1.29, 1.82) is 0 Å². The number of amides is 1. The first-order valence-corrected chi connectivity index (χ1v) is 7.68. The number of benzene rings is 1. The van der Waals surface area contributed by atoms with Gasteiger partial charge in [0, 0.05) is 26.1 Å². The van der Waals surface area contributed by atoms with Gasteiger partial charge in [0.1, 0.15) is 5.82 Å². The van der Waals surface area contributed by atoms with Gasteiger partial charge in [-0.1, -0.05) is 18.6 Å². The number of rotatable bonds is 4. The van der Waals surface area contributed by atoms with Gasteiger partial charge in [0.25, 0.3) is 0 Å². The summed E-state index contributed by atoms with van der Waals surface area (Å²) in [5.41, 5.74) is 0.855. The smallest absolute Gasteiger partial charge is 0.231 e.